The molecule has 0 saturated carbocycles. The van der Waals surface area contributed by atoms with E-state index in [1.807, 2.05) is 28.8 Å². The van der Waals surface area contributed by atoms with E-state index in [1.165, 1.54) is 26.0 Å². The van der Waals surface area contributed by atoms with E-state index in [-0.39, 0.29) is 27.1 Å². The summed E-state index contributed by atoms with van der Waals surface area (Å²) in [6.07, 6.45) is 3.78. The standard InChI is InChI=1S/C26H30N4O6S2/c1-6-8-14-36-18-11-9-17(10-12-18)22-28-29-26(30(22)13-7-2)37-15-19(31)27-23-20(24(32)34-4)16(3)21(38-23)25(33)35-5/h7,9-12H,2,6,8,13-15H2,1,3-5H3,(H,27,31). The number of methoxy groups -OCH3 is 2. The Morgan fingerprint density at radius 2 is 1.84 bits per heavy atom. The molecule has 0 bridgehead atoms. The molecule has 10 nitrogen and oxygen atoms in total. The van der Waals surface area contributed by atoms with Gasteiger partial charge < -0.3 is 19.5 Å². The van der Waals surface area contributed by atoms with Crippen molar-refractivity contribution >= 4 is 45.9 Å². The van der Waals surface area contributed by atoms with Crippen LogP contribution in [0.5, 0.6) is 5.75 Å². The van der Waals surface area contributed by atoms with Crippen LogP contribution in [0.4, 0.5) is 5.00 Å². The van der Waals surface area contributed by atoms with Crippen molar-refractivity contribution < 1.29 is 28.6 Å². The number of hydrogen-bond acceptors (Lipinski definition) is 10. The highest BCUT2D eigenvalue weighted by molar-refractivity contribution is 7.99. The fourth-order valence-corrected chi connectivity index (χ4v) is 5.34. The van der Waals surface area contributed by atoms with Gasteiger partial charge in [0.1, 0.15) is 15.6 Å². The molecule has 0 unspecified atom stereocenters. The molecule has 1 amide bonds. The molecule has 0 atom stereocenters. The number of anilines is 1. The first-order valence-corrected chi connectivity index (χ1v) is 13.6. The molecule has 3 rings (SSSR count). The van der Waals surface area contributed by atoms with Crippen molar-refractivity contribution in [2.24, 2.45) is 0 Å². The largest absolute Gasteiger partial charge is 0.494 e. The predicted molar refractivity (Wildman–Crippen MR) is 147 cm³/mol. The number of nitrogens with one attached hydrogen (secondary N) is 1. The van der Waals surface area contributed by atoms with Crippen molar-refractivity contribution in [3.63, 3.8) is 0 Å². The van der Waals surface area contributed by atoms with Gasteiger partial charge in [0.05, 0.1) is 32.1 Å². The van der Waals surface area contributed by atoms with Gasteiger partial charge in [0.25, 0.3) is 0 Å². The van der Waals surface area contributed by atoms with E-state index < -0.39 is 11.9 Å². The molecule has 202 valence electrons. The van der Waals surface area contributed by atoms with Crippen LogP contribution in [-0.4, -0.2) is 59.2 Å². The average molecular weight is 559 g/mol. The summed E-state index contributed by atoms with van der Waals surface area (Å²) in [5.74, 6) is -0.232. The van der Waals surface area contributed by atoms with Gasteiger partial charge in [-0.05, 0) is 43.2 Å². The first kappa shape index (κ1) is 28.9. The molecule has 1 aromatic carbocycles. The van der Waals surface area contributed by atoms with Crippen LogP contribution >= 0.6 is 23.1 Å². The number of benzene rings is 1. The maximum Gasteiger partial charge on any atom is 0.348 e. The van der Waals surface area contributed by atoms with Gasteiger partial charge in [-0.1, -0.05) is 31.2 Å². The van der Waals surface area contributed by atoms with Crippen LogP contribution in [0.15, 0.2) is 42.1 Å². The number of unbranched alkanes of at least 4 members (excludes halogenated alkanes) is 1. The number of carbonyl (C=O) groups is 3. The minimum Gasteiger partial charge on any atom is -0.494 e. The van der Waals surface area contributed by atoms with E-state index in [0.717, 1.165) is 35.5 Å². The lowest BCUT2D eigenvalue weighted by atomic mass is 10.1. The molecule has 0 radical (unpaired) electrons. The zero-order valence-electron chi connectivity index (χ0n) is 21.7. The number of hydrogen-bond donors (Lipinski definition) is 1. The second-order valence-electron chi connectivity index (χ2n) is 8.01. The number of nitrogens with zero attached hydrogens (tertiary/aromatic N) is 3. The molecule has 38 heavy (non-hydrogen) atoms. The highest BCUT2D eigenvalue weighted by Gasteiger charge is 2.27. The summed E-state index contributed by atoms with van der Waals surface area (Å²) in [6, 6.07) is 7.61. The number of ether oxygens (including phenoxy) is 3. The minimum atomic E-state index is -0.658. The molecule has 0 aliphatic rings. The maximum atomic E-state index is 12.8. The van der Waals surface area contributed by atoms with Crippen LogP contribution in [0.1, 0.15) is 45.4 Å². The van der Waals surface area contributed by atoms with Gasteiger partial charge in [-0.15, -0.1) is 28.1 Å². The second kappa shape index (κ2) is 13.8. The van der Waals surface area contributed by atoms with Gasteiger partial charge in [0.15, 0.2) is 11.0 Å². The number of thiophene rings is 1. The van der Waals surface area contributed by atoms with E-state index >= 15 is 0 Å². The SMILES string of the molecule is C=CCn1c(SCC(=O)Nc2sc(C(=O)OC)c(C)c2C(=O)OC)nnc1-c1ccc(OCCCC)cc1. The van der Waals surface area contributed by atoms with Crippen LogP contribution in [0.2, 0.25) is 0 Å². The lowest BCUT2D eigenvalue weighted by molar-refractivity contribution is -0.113. The van der Waals surface area contributed by atoms with Gasteiger partial charge in [-0.2, -0.15) is 0 Å². The van der Waals surface area contributed by atoms with Crippen LogP contribution < -0.4 is 10.1 Å². The third-order valence-electron chi connectivity index (χ3n) is 5.40. The normalized spacial score (nSPS) is 10.6. The second-order valence-corrected chi connectivity index (χ2v) is 9.98. The fourth-order valence-electron chi connectivity index (χ4n) is 3.47. The van der Waals surface area contributed by atoms with Crippen molar-refractivity contribution in [3.05, 3.63) is 52.9 Å². The molecule has 2 aromatic heterocycles. The third-order valence-corrected chi connectivity index (χ3v) is 7.55. The summed E-state index contributed by atoms with van der Waals surface area (Å²) >= 11 is 2.15. The van der Waals surface area contributed by atoms with Crippen LogP contribution in [0.25, 0.3) is 11.4 Å². The summed E-state index contributed by atoms with van der Waals surface area (Å²) in [4.78, 5) is 37.4. The predicted octanol–water partition coefficient (Wildman–Crippen LogP) is 4.98. The van der Waals surface area contributed by atoms with E-state index in [9.17, 15) is 14.4 Å². The highest BCUT2D eigenvalue weighted by Crippen LogP contribution is 2.34. The Bertz CT molecular complexity index is 1300. The smallest absolute Gasteiger partial charge is 0.348 e. The van der Waals surface area contributed by atoms with Crippen molar-refractivity contribution in [3.8, 4) is 17.1 Å². The van der Waals surface area contributed by atoms with Gasteiger partial charge in [-0.25, -0.2) is 9.59 Å². The summed E-state index contributed by atoms with van der Waals surface area (Å²) in [5.41, 5.74) is 1.36. The molecule has 2 heterocycles. The Morgan fingerprint density at radius 1 is 1.13 bits per heavy atom. The molecule has 0 spiro atoms. The zero-order chi connectivity index (χ0) is 27.7. The summed E-state index contributed by atoms with van der Waals surface area (Å²) in [6.45, 7) is 8.64. The lowest BCUT2D eigenvalue weighted by Crippen LogP contribution is -2.16. The van der Waals surface area contributed by atoms with Gasteiger partial charge in [-0.3, -0.25) is 9.36 Å². The Labute approximate surface area is 229 Å². The first-order valence-electron chi connectivity index (χ1n) is 11.8. The summed E-state index contributed by atoms with van der Waals surface area (Å²) in [7, 11) is 2.48. The molecular weight excluding hydrogens is 528 g/mol. The molecular formula is C26H30N4O6S2. The zero-order valence-corrected chi connectivity index (χ0v) is 23.4. The van der Waals surface area contributed by atoms with Crippen molar-refractivity contribution in [1.82, 2.24) is 14.8 Å². The quantitative estimate of drug-likeness (QED) is 0.134. The highest BCUT2D eigenvalue weighted by atomic mass is 32.2. The first-order chi connectivity index (χ1) is 18.3. The van der Waals surface area contributed by atoms with E-state index in [2.05, 4.69) is 29.0 Å². The Kier molecular flexibility index (Phi) is 10.5. The van der Waals surface area contributed by atoms with Crippen molar-refractivity contribution in [2.75, 3.05) is 31.9 Å². The molecule has 0 saturated heterocycles. The number of aromatic nitrogens is 3. The molecule has 0 aliphatic heterocycles. The Balaban J connectivity index is 1.74. The number of thioether (sulfide) groups is 1. The number of rotatable bonds is 13. The Morgan fingerprint density at radius 3 is 2.47 bits per heavy atom. The minimum absolute atomic E-state index is 0.00933. The third kappa shape index (κ3) is 6.81. The van der Waals surface area contributed by atoms with E-state index in [0.29, 0.717) is 29.7 Å². The van der Waals surface area contributed by atoms with Crippen LogP contribution in [0, 0.1) is 6.92 Å². The van der Waals surface area contributed by atoms with E-state index in [1.54, 1.807) is 13.0 Å². The number of amides is 1. The Hall–Kier alpha value is -3.64. The van der Waals surface area contributed by atoms with Gasteiger partial charge in [0, 0.05) is 12.1 Å². The maximum absolute atomic E-state index is 12.8. The topological polar surface area (TPSA) is 122 Å². The van der Waals surface area contributed by atoms with Crippen LogP contribution in [-0.2, 0) is 20.8 Å². The van der Waals surface area contributed by atoms with Gasteiger partial charge >= 0.3 is 11.9 Å². The lowest BCUT2D eigenvalue weighted by Gasteiger charge is -2.09. The fraction of sp³-hybridized carbons (Fsp3) is 0.346. The summed E-state index contributed by atoms with van der Waals surface area (Å²) < 4.78 is 17.2. The molecule has 12 heteroatoms. The molecule has 3 aromatic rings. The number of carbonyl (C=O) groups excluding carboxylic acids is 3. The number of allylic oxidation sites excluding steroid dienone is 1. The summed E-state index contributed by atoms with van der Waals surface area (Å²) in [5, 5.41) is 12.1. The molecule has 0 aliphatic carbocycles. The van der Waals surface area contributed by atoms with Crippen molar-refractivity contribution in [1.29, 1.82) is 0 Å². The molecule has 1 N–H and O–H groups in total. The monoisotopic (exact) mass is 558 g/mol. The van der Waals surface area contributed by atoms with Crippen molar-refractivity contribution in [2.45, 2.75) is 38.4 Å². The molecule has 0 fully saturated rings. The average Bonchev–Trinajstić information content (AvgIpc) is 3.47. The van der Waals surface area contributed by atoms with Crippen LogP contribution in [0.3, 0.4) is 0 Å². The van der Waals surface area contributed by atoms with E-state index in [4.69, 9.17) is 14.2 Å². The van der Waals surface area contributed by atoms with Gasteiger partial charge in [0.2, 0.25) is 5.91 Å². The number of esters is 2.